The van der Waals surface area contributed by atoms with Crippen LogP contribution in [0.15, 0.2) is 30.5 Å². The quantitative estimate of drug-likeness (QED) is 0.745. The molecule has 1 heterocycles. The van der Waals surface area contributed by atoms with Crippen molar-refractivity contribution < 1.29 is 14.3 Å². The number of carbonyl (C=O) groups is 2. The average molecular weight is 348 g/mol. The molecule has 0 bridgehead atoms. The number of aryl methyl sites for hydroxylation is 2. The zero-order valence-corrected chi connectivity index (χ0v) is 15.2. The highest BCUT2D eigenvalue weighted by atomic mass is 32.2. The number of methoxy groups -OCH3 is 1. The van der Waals surface area contributed by atoms with E-state index in [9.17, 15) is 9.59 Å². The molecule has 0 fully saturated rings. The first-order valence-electron chi connectivity index (χ1n) is 7.97. The number of thioether (sulfide) groups is 1. The van der Waals surface area contributed by atoms with Crippen LogP contribution in [0.25, 0.3) is 10.9 Å². The number of aromatic nitrogens is 1. The molecule has 130 valence electrons. The summed E-state index contributed by atoms with van der Waals surface area (Å²) in [4.78, 5) is 23.9. The van der Waals surface area contributed by atoms with Crippen molar-refractivity contribution in [1.29, 1.82) is 0 Å². The standard InChI is InChI=1S/C18H24N2O3S/c1-13-5-4-6-16-14(13)7-10-20(16)11-8-17(21)19-15(9-12-24-3)18(22)23-2/h4-7,10,15H,8-9,11-12H2,1-3H3,(H,19,21)/t15-/m0/s1. The normalized spacial score (nSPS) is 12.1. The van der Waals surface area contributed by atoms with Crippen molar-refractivity contribution in [2.24, 2.45) is 0 Å². The first-order valence-corrected chi connectivity index (χ1v) is 9.36. The van der Waals surface area contributed by atoms with Crippen LogP contribution in [0.2, 0.25) is 0 Å². The van der Waals surface area contributed by atoms with Gasteiger partial charge in [0.25, 0.3) is 0 Å². The summed E-state index contributed by atoms with van der Waals surface area (Å²) in [6.45, 7) is 2.65. The number of hydrogen-bond acceptors (Lipinski definition) is 4. The molecule has 1 atom stereocenters. The number of nitrogens with zero attached hydrogens (tertiary/aromatic N) is 1. The van der Waals surface area contributed by atoms with Gasteiger partial charge < -0.3 is 14.6 Å². The predicted molar refractivity (Wildman–Crippen MR) is 98.2 cm³/mol. The number of carbonyl (C=O) groups excluding carboxylic acids is 2. The second kappa shape index (κ2) is 8.78. The summed E-state index contributed by atoms with van der Waals surface area (Å²) < 4.78 is 6.83. The number of fused-ring (bicyclic) bond motifs is 1. The minimum Gasteiger partial charge on any atom is -0.467 e. The molecule has 0 radical (unpaired) electrons. The summed E-state index contributed by atoms with van der Waals surface area (Å²) in [6.07, 6.45) is 4.86. The van der Waals surface area contributed by atoms with E-state index in [0.717, 1.165) is 11.3 Å². The molecule has 0 aliphatic rings. The molecule has 6 heteroatoms. The fourth-order valence-corrected chi connectivity index (χ4v) is 3.16. The second-order valence-corrected chi connectivity index (χ2v) is 6.68. The van der Waals surface area contributed by atoms with Crippen molar-refractivity contribution in [2.45, 2.75) is 32.4 Å². The third-order valence-corrected chi connectivity index (χ3v) is 4.69. The van der Waals surface area contributed by atoms with Crippen molar-refractivity contribution >= 4 is 34.5 Å². The van der Waals surface area contributed by atoms with Crippen LogP contribution in [0.1, 0.15) is 18.4 Å². The van der Waals surface area contributed by atoms with Crippen molar-refractivity contribution in [2.75, 3.05) is 19.1 Å². The van der Waals surface area contributed by atoms with Gasteiger partial charge in [0.15, 0.2) is 0 Å². The molecule has 1 aromatic carbocycles. The van der Waals surface area contributed by atoms with Gasteiger partial charge in [-0.15, -0.1) is 0 Å². The number of ether oxygens (including phenoxy) is 1. The molecule has 1 aromatic heterocycles. The van der Waals surface area contributed by atoms with Gasteiger partial charge in [-0.05, 0) is 43.0 Å². The van der Waals surface area contributed by atoms with E-state index in [0.29, 0.717) is 19.4 Å². The molecule has 0 saturated carbocycles. The van der Waals surface area contributed by atoms with Crippen LogP contribution >= 0.6 is 11.8 Å². The smallest absolute Gasteiger partial charge is 0.328 e. The highest BCUT2D eigenvalue weighted by Gasteiger charge is 2.20. The van der Waals surface area contributed by atoms with E-state index in [4.69, 9.17) is 4.74 Å². The highest BCUT2D eigenvalue weighted by Crippen LogP contribution is 2.19. The van der Waals surface area contributed by atoms with Gasteiger partial charge in [-0.1, -0.05) is 12.1 Å². The molecule has 1 amide bonds. The van der Waals surface area contributed by atoms with E-state index in [1.54, 1.807) is 11.8 Å². The maximum absolute atomic E-state index is 12.2. The molecular formula is C18H24N2O3S. The molecule has 2 rings (SSSR count). The number of esters is 1. The molecule has 24 heavy (non-hydrogen) atoms. The van der Waals surface area contributed by atoms with Crippen molar-refractivity contribution in [1.82, 2.24) is 9.88 Å². The first-order chi connectivity index (χ1) is 11.6. The molecule has 0 aliphatic heterocycles. The summed E-state index contributed by atoms with van der Waals surface area (Å²) in [5.41, 5.74) is 2.34. The molecule has 5 nitrogen and oxygen atoms in total. The Balaban J connectivity index is 1.96. The molecule has 2 aromatic rings. The maximum Gasteiger partial charge on any atom is 0.328 e. The van der Waals surface area contributed by atoms with Gasteiger partial charge in [0.1, 0.15) is 6.04 Å². The SMILES string of the molecule is COC(=O)[C@H](CCSC)NC(=O)CCn1ccc2c(C)cccc21. The summed E-state index contributed by atoms with van der Waals surface area (Å²) in [5.74, 6) is 0.266. The van der Waals surface area contributed by atoms with Crippen LogP contribution in [-0.4, -0.2) is 41.6 Å². The van der Waals surface area contributed by atoms with E-state index in [1.807, 2.05) is 18.5 Å². The van der Waals surface area contributed by atoms with Crippen LogP contribution in [0.4, 0.5) is 0 Å². The van der Waals surface area contributed by atoms with E-state index >= 15 is 0 Å². The first kappa shape index (κ1) is 18.4. The Morgan fingerprint density at radius 3 is 2.83 bits per heavy atom. The van der Waals surface area contributed by atoms with Crippen LogP contribution in [0.3, 0.4) is 0 Å². The number of nitrogens with one attached hydrogen (secondary N) is 1. The summed E-state index contributed by atoms with van der Waals surface area (Å²) >= 11 is 1.64. The lowest BCUT2D eigenvalue weighted by atomic mass is 10.1. The van der Waals surface area contributed by atoms with Gasteiger partial charge >= 0.3 is 5.97 Å². The van der Waals surface area contributed by atoms with E-state index < -0.39 is 6.04 Å². The highest BCUT2D eigenvalue weighted by molar-refractivity contribution is 7.98. The van der Waals surface area contributed by atoms with Gasteiger partial charge in [0.05, 0.1) is 7.11 Å². The minimum atomic E-state index is -0.571. The minimum absolute atomic E-state index is 0.138. The van der Waals surface area contributed by atoms with Crippen LogP contribution in [0.5, 0.6) is 0 Å². The average Bonchev–Trinajstić information content (AvgIpc) is 3.00. The van der Waals surface area contributed by atoms with E-state index in [1.165, 1.54) is 18.1 Å². The number of benzene rings is 1. The summed E-state index contributed by atoms with van der Waals surface area (Å²) in [5, 5.41) is 3.98. The zero-order chi connectivity index (χ0) is 17.5. The molecule has 0 saturated heterocycles. The summed E-state index contributed by atoms with van der Waals surface area (Å²) in [6, 6.07) is 7.64. The predicted octanol–water partition coefficient (Wildman–Crippen LogP) is 2.75. The Morgan fingerprint density at radius 1 is 1.33 bits per heavy atom. The van der Waals surface area contributed by atoms with Gasteiger partial charge in [-0.2, -0.15) is 11.8 Å². The third-order valence-electron chi connectivity index (χ3n) is 4.04. The third kappa shape index (κ3) is 4.54. The lowest BCUT2D eigenvalue weighted by molar-refractivity contribution is -0.145. The van der Waals surface area contributed by atoms with Gasteiger partial charge in [-0.3, -0.25) is 4.79 Å². The van der Waals surface area contributed by atoms with Crippen molar-refractivity contribution in [3.8, 4) is 0 Å². The van der Waals surface area contributed by atoms with Gasteiger partial charge in [0.2, 0.25) is 5.91 Å². The molecule has 0 spiro atoms. The fourth-order valence-electron chi connectivity index (χ4n) is 2.69. The number of rotatable bonds is 8. The van der Waals surface area contributed by atoms with Crippen molar-refractivity contribution in [3.05, 3.63) is 36.0 Å². The molecular weight excluding hydrogens is 324 g/mol. The van der Waals surface area contributed by atoms with Gasteiger partial charge in [0, 0.05) is 30.1 Å². The molecule has 1 N–H and O–H groups in total. The maximum atomic E-state index is 12.2. The molecule has 0 aliphatic carbocycles. The van der Waals surface area contributed by atoms with E-state index in [2.05, 4.69) is 35.0 Å². The Labute approximate surface area is 146 Å². The second-order valence-electron chi connectivity index (χ2n) is 5.69. The topological polar surface area (TPSA) is 60.3 Å². The Morgan fingerprint density at radius 2 is 2.12 bits per heavy atom. The van der Waals surface area contributed by atoms with E-state index in [-0.39, 0.29) is 11.9 Å². The Bertz CT molecular complexity index is 711. The number of hydrogen-bond donors (Lipinski definition) is 1. The fraction of sp³-hybridized carbons (Fsp3) is 0.444. The largest absolute Gasteiger partial charge is 0.467 e. The van der Waals surface area contributed by atoms with Crippen LogP contribution in [-0.2, 0) is 20.9 Å². The summed E-state index contributed by atoms with van der Waals surface area (Å²) in [7, 11) is 1.34. The molecule has 0 unspecified atom stereocenters. The zero-order valence-electron chi connectivity index (χ0n) is 14.4. The van der Waals surface area contributed by atoms with Gasteiger partial charge in [-0.25, -0.2) is 4.79 Å². The Kier molecular flexibility index (Phi) is 6.73. The number of amides is 1. The Hall–Kier alpha value is -1.95. The van der Waals surface area contributed by atoms with Crippen LogP contribution in [0, 0.1) is 6.92 Å². The van der Waals surface area contributed by atoms with Crippen molar-refractivity contribution in [3.63, 3.8) is 0 Å². The monoisotopic (exact) mass is 348 g/mol. The van der Waals surface area contributed by atoms with Crippen LogP contribution < -0.4 is 5.32 Å². The lowest BCUT2D eigenvalue weighted by Gasteiger charge is -2.16. The lowest BCUT2D eigenvalue weighted by Crippen LogP contribution is -2.42.